The summed E-state index contributed by atoms with van der Waals surface area (Å²) in [6, 6.07) is 4.79. The molecule has 0 saturated carbocycles. The molecule has 1 aromatic heterocycles. The topological polar surface area (TPSA) is 47.0 Å². The van der Waals surface area contributed by atoms with Crippen molar-refractivity contribution in [3.63, 3.8) is 0 Å². The molecule has 1 heterocycles. The number of nitrogens with zero attached hydrogens (tertiary/aromatic N) is 1. The molecule has 0 saturated heterocycles. The van der Waals surface area contributed by atoms with Gasteiger partial charge in [0.1, 0.15) is 0 Å². The molecular weight excluding hydrogens is 149 g/mol. The highest BCUT2D eigenvalue weighted by Gasteiger charge is 2.05. The zero-order chi connectivity index (χ0) is 7.61. The van der Waals surface area contributed by atoms with Crippen molar-refractivity contribution in [1.29, 1.82) is 0 Å². The van der Waals surface area contributed by atoms with Crippen LogP contribution in [0.5, 0.6) is 0 Å². The first-order valence-corrected chi connectivity index (χ1v) is 4.61. The van der Waals surface area contributed by atoms with E-state index in [4.69, 9.17) is 0 Å². The highest BCUT2D eigenvalue weighted by Crippen LogP contribution is 2.00. The van der Waals surface area contributed by atoms with Gasteiger partial charge in [0.05, 0.1) is 0 Å². The van der Waals surface area contributed by atoms with Gasteiger partial charge in [-0.1, -0.05) is 6.07 Å². The third kappa shape index (κ3) is 1.54. The second-order valence-corrected chi connectivity index (χ2v) is 3.90. The van der Waals surface area contributed by atoms with Gasteiger partial charge in [0, 0.05) is 12.5 Å². The fourth-order valence-corrected chi connectivity index (χ4v) is 1.14. The number of hydrogen-bond donors (Lipinski definition) is 0. The van der Waals surface area contributed by atoms with Gasteiger partial charge in [-0.3, -0.25) is 0 Å². The van der Waals surface area contributed by atoms with Gasteiger partial charge >= 0.3 is 0 Å². The average Bonchev–Trinajstić information content (AvgIpc) is 1.88. The minimum absolute atomic E-state index is 0.120. The SMILES string of the molecule is [11CH3]S(=O)(=O)c1ccccn1. The lowest BCUT2D eigenvalue weighted by Crippen LogP contribution is -1.98. The van der Waals surface area contributed by atoms with Crippen LogP contribution in [0.2, 0.25) is 0 Å². The molecule has 0 radical (unpaired) electrons. The molecule has 0 N–H and O–H groups in total. The zero-order valence-corrected chi connectivity index (χ0v) is 6.30. The molecule has 0 bridgehead atoms. The van der Waals surface area contributed by atoms with Gasteiger partial charge < -0.3 is 0 Å². The molecule has 0 aliphatic rings. The summed E-state index contributed by atoms with van der Waals surface area (Å²) in [5, 5.41) is 0.120. The van der Waals surface area contributed by atoms with Crippen LogP contribution in [0.4, 0.5) is 0 Å². The molecule has 0 unspecified atom stereocenters. The summed E-state index contributed by atoms with van der Waals surface area (Å²) < 4.78 is 21.5. The Kier molecular flexibility index (Phi) is 1.72. The van der Waals surface area contributed by atoms with Gasteiger partial charge in [-0.05, 0) is 12.1 Å². The van der Waals surface area contributed by atoms with E-state index in [9.17, 15) is 8.42 Å². The van der Waals surface area contributed by atoms with Crippen LogP contribution in [0, 0.1) is 0 Å². The molecule has 0 spiro atoms. The van der Waals surface area contributed by atoms with Gasteiger partial charge in [-0.25, -0.2) is 13.4 Å². The van der Waals surface area contributed by atoms with E-state index in [0.29, 0.717) is 0 Å². The van der Waals surface area contributed by atoms with E-state index in [1.165, 1.54) is 12.3 Å². The molecule has 4 heteroatoms. The smallest absolute Gasteiger partial charge is 0.192 e. The fraction of sp³-hybridized carbons (Fsp3) is 0.167. The number of hydrogen-bond acceptors (Lipinski definition) is 3. The monoisotopic (exact) mass is 156 g/mol. The number of sulfone groups is 1. The van der Waals surface area contributed by atoms with Crippen LogP contribution in [0.3, 0.4) is 0 Å². The molecule has 1 rings (SSSR count). The van der Waals surface area contributed by atoms with Crippen molar-refractivity contribution < 1.29 is 8.42 Å². The Morgan fingerprint density at radius 1 is 1.40 bits per heavy atom. The van der Waals surface area contributed by atoms with Crippen LogP contribution in [0.25, 0.3) is 0 Å². The summed E-state index contributed by atoms with van der Waals surface area (Å²) in [6.45, 7) is 0. The summed E-state index contributed by atoms with van der Waals surface area (Å²) in [5.74, 6) is 0. The molecule has 0 aromatic carbocycles. The van der Waals surface area contributed by atoms with Crippen molar-refractivity contribution >= 4 is 9.84 Å². The first kappa shape index (κ1) is 7.21. The first-order valence-electron chi connectivity index (χ1n) is 2.72. The second kappa shape index (κ2) is 2.38. The predicted molar refractivity (Wildman–Crippen MR) is 37.3 cm³/mol. The number of aromatic nitrogens is 1. The Morgan fingerprint density at radius 2 is 2.10 bits per heavy atom. The molecule has 54 valence electrons. The van der Waals surface area contributed by atoms with Gasteiger partial charge in [-0.15, -0.1) is 0 Å². The van der Waals surface area contributed by atoms with Crippen LogP contribution in [0.15, 0.2) is 29.4 Å². The maximum absolute atomic E-state index is 10.8. The third-order valence-electron chi connectivity index (χ3n) is 1.02. The molecule has 0 atom stereocenters. The first-order chi connectivity index (χ1) is 4.61. The molecule has 0 aliphatic heterocycles. The van der Waals surface area contributed by atoms with Crippen LogP contribution in [-0.2, 0) is 9.84 Å². The minimum atomic E-state index is -3.11. The number of pyridine rings is 1. The highest BCUT2D eigenvalue weighted by molar-refractivity contribution is 7.90. The average molecular weight is 156 g/mol. The molecule has 0 amide bonds. The van der Waals surface area contributed by atoms with Crippen molar-refractivity contribution in [2.75, 3.05) is 6.26 Å². The lowest BCUT2D eigenvalue weighted by molar-refractivity contribution is 0.598. The van der Waals surface area contributed by atoms with Crippen molar-refractivity contribution in [3.05, 3.63) is 24.4 Å². The van der Waals surface area contributed by atoms with Crippen molar-refractivity contribution in [2.24, 2.45) is 0 Å². The van der Waals surface area contributed by atoms with Gasteiger partial charge in [-0.2, -0.15) is 0 Å². The van der Waals surface area contributed by atoms with Gasteiger partial charge in [0.2, 0.25) is 0 Å². The largest absolute Gasteiger partial charge is 0.245 e. The Balaban J connectivity index is 3.22. The standard InChI is InChI=1S/C6H7NO2S/c1-10(8,9)6-4-2-3-5-7-6/h2-5H,1H3/i1-1. The second-order valence-electron chi connectivity index (χ2n) is 1.94. The highest BCUT2D eigenvalue weighted by atomic mass is 32.2. The Morgan fingerprint density at radius 3 is 2.40 bits per heavy atom. The Bertz CT molecular complexity index is 304. The Hall–Kier alpha value is -0.900. The van der Waals surface area contributed by atoms with Crippen LogP contribution < -0.4 is 0 Å². The molecule has 1 aromatic rings. The predicted octanol–water partition coefficient (Wildman–Crippen LogP) is 0.485. The van der Waals surface area contributed by atoms with E-state index < -0.39 is 9.84 Å². The fourth-order valence-electron chi connectivity index (χ4n) is 0.566. The van der Waals surface area contributed by atoms with Crippen LogP contribution in [-0.4, -0.2) is 19.7 Å². The lowest BCUT2D eigenvalue weighted by atomic mass is 10.5. The van der Waals surface area contributed by atoms with E-state index in [-0.39, 0.29) is 5.03 Å². The molecule has 10 heavy (non-hydrogen) atoms. The van der Waals surface area contributed by atoms with E-state index in [0.717, 1.165) is 6.26 Å². The summed E-state index contributed by atoms with van der Waals surface area (Å²) in [7, 11) is -3.11. The minimum Gasteiger partial charge on any atom is -0.245 e. The maximum Gasteiger partial charge on any atom is 0.192 e. The molecule has 0 fully saturated rings. The maximum atomic E-state index is 10.8. The number of rotatable bonds is 1. The van der Waals surface area contributed by atoms with Crippen LogP contribution >= 0.6 is 0 Å². The van der Waals surface area contributed by atoms with Gasteiger partial charge in [0.15, 0.2) is 14.9 Å². The van der Waals surface area contributed by atoms with Crippen molar-refractivity contribution in [3.8, 4) is 0 Å². The molecule has 3 nitrogen and oxygen atoms in total. The summed E-state index contributed by atoms with van der Waals surface area (Å²) in [5.41, 5.74) is 0. The van der Waals surface area contributed by atoms with Crippen LogP contribution in [0.1, 0.15) is 0 Å². The molecule has 0 aliphatic carbocycles. The van der Waals surface area contributed by atoms with E-state index in [2.05, 4.69) is 4.98 Å². The van der Waals surface area contributed by atoms with Crippen molar-refractivity contribution in [2.45, 2.75) is 5.03 Å². The summed E-state index contributed by atoms with van der Waals surface area (Å²) in [4.78, 5) is 3.66. The quantitative estimate of drug-likeness (QED) is 0.594. The third-order valence-corrected chi connectivity index (χ3v) is 2.02. The summed E-state index contributed by atoms with van der Waals surface area (Å²) in [6.07, 6.45) is 2.59. The van der Waals surface area contributed by atoms with Gasteiger partial charge in [0.25, 0.3) is 0 Å². The van der Waals surface area contributed by atoms with Crippen molar-refractivity contribution in [1.82, 2.24) is 4.98 Å². The lowest BCUT2D eigenvalue weighted by Gasteiger charge is -1.92. The molecular formula is C6H7NO2S. The van der Waals surface area contributed by atoms with E-state index in [1.54, 1.807) is 12.1 Å². The summed E-state index contributed by atoms with van der Waals surface area (Å²) >= 11 is 0. The normalized spacial score (nSPS) is 11.3. The van der Waals surface area contributed by atoms with E-state index in [1.807, 2.05) is 0 Å². The van der Waals surface area contributed by atoms with E-state index >= 15 is 0 Å². The Labute approximate surface area is 59.6 Å². The zero-order valence-electron chi connectivity index (χ0n) is 5.48.